The van der Waals surface area contributed by atoms with E-state index in [9.17, 15) is 9.59 Å². The summed E-state index contributed by atoms with van der Waals surface area (Å²) in [4.78, 5) is 26.5. The van der Waals surface area contributed by atoms with Gasteiger partial charge in [0.2, 0.25) is 0 Å². The van der Waals surface area contributed by atoms with Gasteiger partial charge in [-0.05, 0) is 24.6 Å². The van der Waals surface area contributed by atoms with Crippen LogP contribution in [-0.2, 0) is 19.7 Å². The Bertz CT molecular complexity index is 416. The van der Waals surface area contributed by atoms with E-state index in [-0.39, 0.29) is 12.0 Å². The number of pyridine rings is 1. The minimum Gasteiger partial charge on any atom is -0.459 e. The lowest BCUT2D eigenvalue weighted by molar-refractivity contribution is -0.154. The first kappa shape index (κ1) is 14.2. The van der Waals surface area contributed by atoms with Gasteiger partial charge in [0.25, 0.3) is 0 Å². The van der Waals surface area contributed by atoms with Crippen LogP contribution in [0, 0.1) is 0 Å². The van der Waals surface area contributed by atoms with Gasteiger partial charge in [0.1, 0.15) is 0 Å². The molecule has 1 rings (SSSR count). The summed E-state index contributed by atoms with van der Waals surface area (Å²) in [6, 6.07) is 3.77. The molecule has 5 nitrogen and oxygen atoms in total. The maximum atomic E-state index is 11.4. The molecule has 1 aromatic rings. The number of nitrogens with zero attached hydrogens (tertiary/aromatic N) is 1. The molecular weight excluding hydrogens is 232 g/mol. The molecule has 0 unspecified atom stereocenters. The molecule has 0 bridgehead atoms. The molecule has 98 valence electrons. The maximum absolute atomic E-state index is 11.4. The molecule has 18 heavy (non-hydrogen) atoms. The summed E-state index contributed by atoms with van der Waals surface area (Å²) in [5, 5.41) is 2.57. The first-order chi connectivity index (χ1) is 8.47. The Morgan fingerprint density at radius 1 is 1.33 bits per heavy atom. The predicted octanol–water partition coefficient (Wildman–Crippen LogP) is 1.04. The van der Waals surface area contributed by atoms with Crippen LogP contribution in [0.1, 0.15) is 26.3 Å². The maximum Gasteiger partial charge on any atom is 0.396 e. The number of carbonyl (C=O) groups is 2. The molecule has 0 radical (unpaired) electrons. The number of amides is 1. The van der Waals surface area contributed by atoms with Crippen molar-refractivity contribution in [2.24, 2.45) is 0 Å². The molecule has 0 saturated carbocycles. The number of nitrogens with one attached hydrogen (secondary N) is 1. The molecular formula is C13H18N2O3. The lowest BCUT2D eigenvalue weighted by atomic mass is 9.85. The van der Waals surface area contributed by atoms with E-state index in [1.165, 1.54) is 0 Å². The quantitative estimate of drug-likeness (QED) is 0.640. The Kier molecular flexibility index (Phi) is 4.83. The van der Waals surface area contributed by atoms with Gasteiger partial charge in [-0.1, -0.05) is 13.8 Å². The van der Waals surface area contributed by atoms with Crippen LogP contribution in [0.25, 0.3) is 0 Å². The van der Waals surface area contributed by atoms with Gasteiger partial charge in [-0.2, -0.15) is 0 Å². The Morgan fingerprint density at radius 2 is 1.94 bits per heavy atom. The second-order valence-electron chi connectivity index (χ2n) is 4.52. The highest BCUT2D eigenvalue weighted by Gasteiger charge is 2.23. The first-order valence-corrected chi connectivity index (χ1v) is 5.83. The predicted molar refractivity (Wildman–Crippen MR) is 66.9 cm³/mol. The van der Waals surface area contributed by atoms with E-state index in [2.05, 4.69) is 15.0 Å². The Balaban J connectivity index is 2.57. The van der Waals surface area contributed by atoms with Crippen LogP contribution >= 0.6 is 0 Å². The molecule has 0 aliphatic carbocycles. The van der Waals surface area contributed by atoms with Crippen molar-refractivity contribution in [3.8, 4) is 0 Å². The van der Waals surface area contributed by atoms with Gasteiger partial charge in [-0.15, -0.1) is 0 Å². The van der Waals surface area contributed by atoms with Crippen LogP contribution in [0.3, 0.4) is 0 Å². The van der Waals surface area contributed by atoms with Crippen molar-refractivity contribution in [3.05, 3.63) is 30.1 Å². The first-order valence-electron chi connectivity index (χ1n) is 5.83. The van der Waals surface area contributed by atoms with E-state index in [4.69, 9.17) is 0 Å². The standard InChI is InChI=1S/C13H18N2O3/c1-4-18-12(17)11(16)15-9-13(2,3)10-5-7-14-8-6-10/h5-8H,4,9H2,1-3H3,(H,15,16). The Labute approximate surface area is 107 Å². The fourth-order valence-corrected chi connectivity index (χ4v) is 1.48. The molecule has 0 spiro atoms. The fraction of sp³-hybridized carbons (Fsp3) is 0.462. The van der Waals surface area contributed by atoms with Crippen molar-refractivity contribution in [3.63, 3.8) is 0 Å². The molecule has 0 aliphatic heterocycles. The van der Waals surface area contributed by atoms with Crippen molar-refractivity contribution in [2.45, 2.75) is 26.2 Å². The summed E-state index contributed by atoms with van der Waals surface area (Å²) < 4.78 is 4.61. The third-order valence-corrected chi connectivity index (χ3v) is 2.61. The minimum atomic E-state index is -0.844. The highest BCUT2D eigenvalue weighted by molar-refractivity contribution is 6.32. The number of carbonyl (C=O) groups excluding carboxylic acids is 2. The summed E-state index contributed by atoms with van der Waals surface area (Å²) in [6.45, 7) is 6.17. The molecule has 0 aliphatic rings. The normalized spacial score (nSPS) is 10.8. The second kappa shape index (κ2) is 6.14. The van der Waals surface area contributed by atoms with Crippen LogP contribution in [0.5, 0.6) is 0 Å². The number of hydrogen-bond donors (Lipinski definition) is 1. The van der Waals surface area contributed by atoms with Gasteiger partial charge >= 0.3 is 11.9 Å². The summed E-state index contributed by atoms with van der Waals surface area (Å²) in [7, 11) is 0. The van der Waals surface area contributed by atoms with Crippen LogP contribution in [0.2, 0.25) is 0 Å². The SMILES string of the molecule is CCOC(=O)C(=O)NCC(C)(C)c1ccncc1. The van der Waals surface area contributed by atoms with Crippen molar-refractivity contribution in [1.82, 2.24) is 10.3 Å². The highest BCUT2D eigenvalue weighted by Crippen LogP contribution is 2.20. The number of esters is 1. The number of aromatic nitrogens is 1. The Morgan fingerprint density at radius 3 is 2.50 bits per heavy atom. The fourth-order valence-electron chi connectivity index (χ4n) is 1.48. The smallest absolute Gasteiger partial charge is 0.396 e. The van der Waals surface area contributed by atoms with Crippen LogP contribution in [0.15, 0.2) is 24.5 Å². The van der Waals surface area contributed by atoms with E-state index in [1.54, 1.807) is 19.3 Å². The van der Waals surface area contributed by atoms with Gasteiger partial charge in [0.05, 0.1) is 6.61 Å². The second-order valence-corrected chi connectivity index (χ2v) is 4.52. The topological polar surface area (TPSA) is 68.3 Å². The summed E-state index contributed by atoms with van der Waals surface area (Å²) in [5.41, 5.74) is 0.770. The van der Waals surface area contributed by atoms with E-state index >= 15 is 0 Å². The molecule has 1 N–H and O–H groups in total. The lowest BCUT2D eigenvalue weighted by Gasteiger charge is -2.25. The zero-order valence-electron chi connectivity index (χ0n) is 10.9. The average Bonchev–Trinajstić information content (AvgIpc) is 2.37. The molecule has 0 saturated heterocycles. The summed E-state index contributed by atoms with van der Waals surface area (Å²) in [6.07, 6.45) is 3.40. The van der Waals surface area contributed by atoms with Gasteiger partial charge in [0, 0.05) is 24.4 Å². The zero-order valence-corrected chi connectivity index (χ0v) is 10.9. The molecule has 1 aromatic heterocycles. The average molecular weight is 250 g/mol. The summed E-state index contributed by atoms with van der Waals surface area (Å²) in [5.74, 6) is -1.55. The van der Waals surface area contributed by atoms with Crippen LogP contribution < -0.4 is 5.32 Å². The largest absolute Gasteiger partial charge is 0.459 e. The van der Waals surface area contributed by atoms with Gasteiger partial charge in [-0.25, -0.2) is 4.79 Å². The van der Waals surface area contributed by atoms with Gasteiger partial charge < -0.3 is 10.1 Å². The third kappa shape index (κ3) is 3.84. The lowest BCUT2D eigenvalue weighted by Crippen LogP contribution is -2.40. The van der Waals surface area contributed by atoms with Crippen LogP contribution in [0.4, 0.5) is 0 Å². The van der Waals surface area contributed by atoms with Crippen LogP contribution in [-0.4, -0.2) is 30.0 Å². The zero-order chi connectivity index (χ0) is 13.6. The van der Waals surface area contributed by atoms with Crippen molar-refractivity contribution < 1.29 is 14.3 Å². The Hall–Kier alpha value is -1.91. The molecule has 0 fully saturated rings. The molecule has 1 heterocycles. The number of rotatable bonds is 4. The highest BCUT2D eigenvalue weighted by atomic mass is 16.5. The molecule has 1 amide bonds. The monoisotopic (exact) mass is 250 g/mol. The number of hydrogen-bond acceptors (Lipinski definition) is 4. The summed E-state index contributed by atoms with van der Waals surface area (Å²) >= 11 is 0. The van der Waals surface area contributed by atoms with Crippen molar-refractivity contribution in [1.29, 1.82) is 0 Å². The minimum absolute atomic E-state index is 0.194. The molecule has 5 heteroatoms. The number of ether oxygens (including phenoxy) is 1. The van der Waals surface area contributed by atoms with E-state index in [0.717, 1.165) is 5.56 Å². The molecule has 0 aromatic carbocycles. The third-order valence-electron chi connectivity index (χ3n) is 2.61. The van der Waals surface area contributed by atoms with Gasteiger partial charge in [-0.3, -0.25) is 9.78 Å². The van der Waals surface area contributed by atoms with E-state index < -0.39 is 11.9 Å². The van der Waals surface area contributed by atoms with Crippen molar-refractivity contribution >= 4 is 11.9 Å². The van der Waals surface area contributed by atoms with E-state index in [0.29, 0.717) is 6.54 Å². The van der Waals surface area contributed by atoms with Gasteiger partial charge in [0.15, 0.2) is 0 Å². The van der Waals surface area contributed by atoms with Crippen molar-refractivity contribution in [2.75, 3.05) is 13.2 Å². The molecule has 0 atom stereocenters. The van der Waals surface area contributed by atoms with E-state index in [1.807, 2.05) is 26.0 Å².